The number of rotatable bonds is 7. The number of ether oxygens (including phenoxy) is 2. The molecule has 0 aliphatic carbocycles. The van der Waals surface area contributed by atoms with Crippen molar-refractivity contribution in [3.8, 4) is 5.75 Å². The molecule has 124 valence electrons. The number of morpholine rings is 1. The van der Waals surface area contributed by atoms with Crippen LogP contribution in [0.2, 0.25) is 0 Å². The van der Waals surface area contributed by atoms with Gasteiger partial charge in [0, 0.05) is 37.1 Å². The molecule has 0 spiro atoms. The van der Waals surface area contributed by atoms with Gasteiger partial charge in [-0.25, -0.2) is 4.98 Å². The van der Waals surface area contributed by atoms with Crippen LogP contribution in [0.15, 0.2) is 35.2 Å². The molecule has 0 amide bonds. The molecule has 2 aromatic rings. The van der Waals surface area contributed by atoms with Crippen molar-refractivity contribution in [2.45, 2.75) is 19.3 Å². The van der Waals surface area contributed by atoms with Crippen molar-refractivity contribution in [3.05, 3.63) is 46.4 Å². The molecule has 1 fully saturated rings. The minimum absolute atomic E-state index is 0.261. The molecule has 1 aromatic carbocycles. The molecule has 1 atom stereocenters. The summed E-state index contributed by atoms with van der Waals surface area (Å²) in [6.07, 6.45) is 0.261. The SMILES string of the molecule is CN1CCO[C@H](CNCc2ccccc2OCc2cscn2)C1. The average Bonchev–Trinajstić information content (AvgIpc) is 3.07. The van der Waals surface area contributed by atoms with E-state index in [-0.39, 0.29) is 6.10 Å². The Balaban J connectivity index is 1.49. The number of para-hydroxylation sites is 1. The summed E-state index contributed by atoms with van der Waals surface area (Å²) >= 11 is 1.59. The molecule has 0 saturated carbocycles. The standard InChI is InChI=1S/C17H23N3O2S/c1-20-6-7-21-16(10-20)9-18-8-14-4-2-3-5-17(14)22-11-15-12-23-13-19-15/h2-5,12-13,16,18H,6-11H2,1H3/t16-/m1/s1. The lowest BCUT2D eigenvalue weighted by molar-refractivity contribution is -0.0182. The van der Waals surface area contributed by atoms with Gasteiger partial charge in [-0.1, -0.05) is 18.2 Å². The highest BCUT2D eigenvalue weighted by atomic mass is 32.1. The smallest absolute Gasteiger partial charge is 0.131 e. The van der Waals surface area contributed by atoms with E-state index >= 15 is 0 Å². The lowest BCUT2D eigenvalue weighted by Crippen LogP contribution is -2.44. The number of benzene rings is 1. The Morgan fingerprint density at radius 2 is 2.35 bits per heavy atom. The Bertz CT molecular complexity index is 591. The van der Waals surface area contributed by atoms with Gasteiger partial charge in [0.2, 0.25) is 0 Å². The zero-order valence-electron chi connectivity index (χ0n) is 13.4. The highest BCUT2D eigenvalue weighted by Crippen LogP contribution is 2.19. The Hall–Kier alpha value is -1.47. The van der Waals surface area contributed by atoms with E-state index in [1.807, 2.05) is 29.1 Å². The first-order valence-corrected chi connectivity index (χ1v) is 8.84. The van der Waals surface area contributed by atoms with Gasteiger partial charge >= 0.3 is 0 Å². The fourth-order valence-corrected chi connectivity index (χ4v) is 3.15. The highest BCUT2D eigenvalue weighted by molar-refractivity contribution is 7.07. The van der Waals surface area contributed by atoms with Crippen LogP contribution in [-0.2, 0) is 17.9 Å². The molecule has 1 aliphatic rings. The van der Waals surface area contributed by atoms with Crippen LogP contribution in [-0.4, -0.2) is 49.3 Å². The Morgan fingerprint density at radius 1 is 1.43 bits per heavy atom. The van der Waals surface area contributed by atoms with Crippen molar-refractivity contribution < 1.29 is 9.47 Å². The lowest BCUT2D eigenvalue weighted by Gasteiger charge is -2.30. The number of thiazole rings is 1. The van der Waals surface area contributed by atoms with Gasteiger partial charge in [0.05, 0.1) is 23.9 Å². The Labute approximate surface area is 141 Å². The van der Waals surface area contributed by atoms with Gasteiger partial charge < -0.3 is 19.7 Å². The summed E-state index contributed by atoms with van der Waals surface area (Å²) in [6.45, 7) is 4.95. The fourth-order valence-electron chi connectivity index (χ4n) is 2.61. The zero-order chi connectivity index (χ0) is 15.9. The van der Waals surface area contributed by atoms with Gasteiger partial charge in [0.1, 0.15) is 12.4 Å². The second-order valence-electron chi connectivity index (χ2n) is 5.76. The third-order valence-electron chi connectivity index (χ3n) is 3.86. The van der Waals surface area contributed by atoms with Crippen molar-refractivity contribution in [2.24, 2.45) is 0 Å². The second-order valence-corrected chi connectivity index (χ2v) is 6.48. The van der Waals surface area contributed by atoms with Crippen molar-refractivity contribution in [3.63, 3.8) is 0 Å². The van der Waals surface area contributed by atoms with Gasteiger partial charge in [-0.05, 0) is 13.1 Å². The van der Waals surface area contributed by atoms with Crippen molar-refractivity contribution in [1.82, 2.24) is 15.2 Å². The molecule has 6 heteroatoms. The van der Waals surface area contributed by atoms with Crippen molar-refractivity contribution in [1.29, 1.82) is 0 Å². The maximum Gasteiger partial charge on any atom is 0.131 e. The predicted octanol–water partition coefficient (Wildman–Crippen LogP) is 2.14. The third-order valence-corrected chi connectivity index (χ3v) is 4.50. The van der Waals surface area contributed by atoms with E-state index < -0.39 is 0 Å². The van der Waals surface area contributed by atoms with E-state index in [0.717, 1.165) is 49.8 Å². The molecule has 3 rings (SSSR count). The first-order valence-electron chi connectivity index (χ1n) is 7.90. The van der Waals surface area contributed by atoms with Gasteiger partial charge in [-0.15, -0.1) is 11.3 Å². The van der Waals surface area contributed by atoms with E-state index in [2.05, 4.69) is 28.3 Å². The number of hydrogen-bond donors (Lipinski definition) is 1. The van der Waals surface area contributed by atoms with Crippen LogP contribution in [0.1, 0.15) is 11.3 Å². The fraction of sp³-hybridized carbons (Fsp3) is 0.471. The van der Waals surface area contributed by atoms with E-state index in [9.17, 15) is 0 Å². The van der Waals surface area contributed by atoms with E-state index in [1.165, 1.54) is 0 Å². The summed E-state index contributed by atoms with van der Waals surface area (Å²) in [5, 5.41) is 5.49. The summed E-state index contributed by atoms with van der Waals surface area (Å²) in [6, 6.07) is 8.14. The first-order chi connectivity index (χ1) is 11.3. The third kappa shape index (κ3) is 5.00. The molecular formula is C17H23N3O2S. The van der Waals surface area contributed by atoms with Crippen LogP contribution >= 0.6 is 11.3 Å². The molecule has 1 saturated heterocycles. The topological polar surface area (TPSA) is 46.6 Å². The Kier molecular flexibility index (Phi) is 5.99. The molecule has 2 heterocycles. The monoisotopic (exact) mass is 333 g/mol. The van der Waals surface area contributed by atoms with Gasteiger partial charge in [-0.2, -0.15) is 0 Å². The van der Waals surface area contributed by atoms with Gasteiger partial charge in [-0.3, -0.25) is 0 Å². The predicted molar refractivity (Wildman–Crippen MR) is 91.8 cm³/mol. The van der Waals surface area contributed by atoms with E-state index in [1.54, 1.807) is 11.3 Å². The average molecular weight is 333 g/mol. The molecule has 1 aliphatic heterocycles. The molecular weight excluding hydrogens is 310 g/mol. The molecule has 0 unspecified atom stereocenters. The van der Waals surface area contributed by atoms with Gasteiger partial charge in [0.25, 0.3) is 0 Å². The van der Waals surface area contributed by atoms with Crippen LogP contribution in [0.5, 0.6) is 5.75 Å². The van der Waals surface area contributed by atoms with Crippen molar-refractivity contribution in [2.75, 3.05) is 33.3 Å². The van der Waals surface area contributed by atoms with E-state index in [0.29, 0.717) is 6.61 Å². The Morgan fingerprint density at radius 3 is 3.17 bits per heavy atom. The normalized spacial score (nSPS) is 18.9. The number of nitrogens with one attached hydrogen (secondary N) is 1. The molecule has 1 N–H and O–H groups in total. The van der Waals surface area contributed by atoms with Crippen LogP contribution in [0, 0.1) is 0 Å². The van der Waals surface area contributed by atoms with Crippen LogP contribution in [0.3, 0.4) is 0 Å². The molecule has 0 bridgehead atoms. The van der Waals surface area contributed by atoms with Gasteiger partial charge in [0.15, 0.2) is 0 Å². The quantitative estimate of drug-likeness (QED) is 0.841. The molecule has 0 radical (unpaired) electrons. The highest BCUT2D eigenvalue weighted by Gasteiger charge is 2.17. The van der Waals surface area contributed by atoms with Crippen LogP contribution in [0.4, 0.5) is 0 Å². The largest absolute Gasteiger partial charge is 0.487 e. The summed E-state index contributed by atoms with van der Waals surface area (Å²) in [5.74, 6) is 0.912. The minimum Gasteiger partial charge on any atom is -0.487 e. The zero-order valence-corrected chi connectivity index (χ0v) is 14.2. The molecule has 1 aromatic heterocycles. The van der Waals surface area contributed by atoms with Crippen LogP contribution < -0.4 is 10.1 Å². The summed E-state index contributed by atoms with van der Waals surface area (Å²) < 4.78 is 11.7. The van der Waals surface area contributed by atoms with Crippen molar-refractivity contribution >= 4 is 11.3 Å². The number of hydrogen-bond acceptors (Lipinski definition) is 6. The van der Waals surface area contributed by atoms with Crippen LogP contribution in [0.25, 0.3) is 0 Å². The summed E-state index contributed by atoms with van der Waals surface area (Å²) in [7, 11) is 2.14. The maximum atomic E-state index is 5.91. The number of likely N-dealkylation sites (N-methyl/N-ethyl adjacent to an activating group) is 1. The summed E-state index contributed by atoms with van der Waals surface area (Å²) in [4.78, 5) is 6.55. The maximum absolute atomic E-state index is 5.91. The van der Waals surface area contributed by atoms with E-state index in [4.69, 9.17) is 9.47 Å². The number of nitrogens with zero attached hydrogens (tertiary/aromatic N) is 2. The lowest BCUT2D eigenvalue weighted by atomic mass is 10.2. The first kappa shape index (κ1) is 16.4. The molecule has 5 nitrogen and oxygen atoms in total. The number of aromatic nitrogens is 1. The second kappa shape index (κ2) is 8.40. The molecule has 23 heavy (non-hydrogen) atoms. The minimum atomic E-state index is 0.261. The summed E-state index contributed by atoms with van der Waals surface area (Å²) in [5.41, 5.74) is 3.95.